The van der Waals surface area contributed by atoms with Gasteiger partial charge in [-0.1, -0.05) is 35.9 Å². The third-order valence-corrected chi connectivity index (χ3v) is 6.03. The number of aromatic nitrogens is 3. The largest absolute Gasteiger partial charge is 0.488 e. The number of amides is 1. The first-order valence-electron chi connectivity index (χ1n) is 9.90. The topological polar surface area (TPSA) is 63.1 Å². The average Bonchev–Trinajstić information content (AvgIpc) is 3.11. The SMILES string of the molecule is Cn1c(C2CCCN(C(=O)c3ccccc3OCc3ccc(Cl)cc3)C2)n[nH]c1=S. The summed E-state index contributed by atoms with van der Waals surface area (Å²) >= 11 is 11.2. The molecule has 1 N–H and O–H groups in total. The molecule has 1 fully saturated rings. The second-order valence-corrected chi connectivity index (χ2v) is 8.27. The summed E-state index contributed by atoms with van der Waals surface area (Å²) in [4.78, 5) is 15.2. The standard InChI is InChI=1S/C22H23ClN4O2S/c1-26-20(24-25-22(26)30)16-5-4-12-27(13-16)21(28)18-6-2-3-7-19(18)29-14-15-8-10-17(23)11-9-15/h2-3,6-11,16H,4-5,12-14H2,1H3,(H,25,30). The smallest absolute Gasteiger partial charge is 0.257 e. The van der Waals surface area contributed by atoms with Gasteiger partial charge in [0.1, 0.15) is 18.2 Å². The van der Waals surface area contributed by atoms with Crippen LogP contribution in [0.15, 0.2) is 48.5 Å². The van der Waals surface area contributed by atoms with Crippen LogP contribution in [-0.2, 0) is 13.7 Å². The van der Waals surface area contributed by atoms with E-state index in [1.807, 2.05) is 65.0 Å². The van der Waals surface area contributed by atoms with E-state index in [4.69, 9.17) is 28.6 Å². The van der Waals surface area contributed by atoms with Crippen molar-refractivity contribution in [1.82, 2.24) is 19.7 Å². The summed E-state index contributed by atoms with van der Waals surface area (Å²) < 4.78 is 8.46. The molecule has 1 amide bonds. The number of nitrogens with one attached hydrogen (secondary N) is 1. The fraction of sp³-hybridized carbons (Fsp3) is 0.318. The molecule has 1 aliphatic heterocycles. The molecule has 4 rings (SSSR count). The number of carbonyl (C=O) groups is 1. The third kappa shape index (κ3) is 4.42. The predicted octanol–water partition coefficient (Wildman–Crippen LogP) is 4.73. The van der Waals surface area contributed by atoms with Gasteiger partial charge in [0.15, 0.2) is 4.77 Å². The lowest BCUT2D eigenvalue weighted by molar-refractivity contribution is 0.0698. The Hall–Kier alpha value is -2.64. The molecule has 156 valence electrons. The maximum Gasteiger partial charge on any atom is 0.257 e. The molecule has 1 aromatic heterocycles. The van der Waals surface area contributed by atoms with E-state index in [9.17, 15) is 4.79 Å². The lowest BCUT2D eigenvalue weighted by atomic mass is 9.96. The van der Waals surface area contributed by atoms with Crippen molar-refractivity contribution in [2.24, 2.45) is 7.05 Å². The van der Waals surface area contributed by atoms with E-state index in [-0.39, 0.29) is 11.8 Å². The summed E-state index contributed by atoms with van der Waals surface area (Å²) in [7, 11) is 1.90. The van der Waals surface area contributed by atoms with Gasteiger partial charge in [-0.3, -0.25) is 9.89 Å². The van der Waals surface area contributed by atoms with Gasteiger partial charge in [0.2, 0.25) is 0 Å². The van der Waals surface area contributed by atoms with Crippen molar-refractivity contribution >= 4 is 29.7 Å². The zero-order chi connectivity index (χ0) is 21.1. The number of rotatable bonds is 5. The van der Waals surface area contributed by atoms with Crippen LogP contribution in [0.4, 0.5) is 0 Å². The van der Waals surface area contributed by atoms with Gasteiger partial charge in [-0.05, 0) is 54.9 Å². The van der Waals surface area contributed by atoms with E-state index in [0.29, 0.717) is 34.3 Å². The van der Waals surface area contributed by atoms with Crippen molar-refractivity contribution in [3.8, 4) is 5.75 Å². The lowest BCUT2D eigenvalue weighted by Gasteiger charge is -2.32. The Kier molecular flexibility index (Phi) is 6.20. The Balaban J connectivity index is 1.49. The van der Waals surface area contributed by atoms with E-state index in [1.165, 1.54) is 0 Å². The number of halogens is 1. The number of piperidine rings is 1. The second kappa shape index (κ2) is 9.02. The van der Waals surface area contributed by atoms with Gasteiger partial charge in [-0.25, -0.2) is 0 Å². The van der Waals surface area contributed by atoms with E-state index < -0.39 is 0 Å². The van der Waals surface area contributed by atoms with Crippen molar-refractivity contribution in [3.05, 3.63) is 75.3 Å². The summed E-state index contributed by atoms with van der Waals surface area (Å²) in [5.41, 5.74) is 1.56. The minimum absolute atomic E-state index is 0.0248. The summed E-state index contributed by atoms with van der Waals surface area (Å²) in [6.45, 7) is 1.70. The third-order valence-electron chi connectivity index (χ3n) is 5.41. The summed E-state index contributed by atoms with van der Waals surface area (Å²) in [6, 6.07) is 14.9. The van der Waals surface area contributed by atoms with Crippen molar-refractivity contribution < 1.29 is 9.53 Å². The number of benzene rings is 2. The number of hydrogen-bond donors (Lipinski definition) is 1. The molecule has 0 saturated carbocycles. The van der Waals surface area contributed by atoms with E-state index in [1.54, 1.807) is 0 Å². The first kappa shape index (κ1) is 20.6. The van der Waals surface area contributed by atoms with Gasteiger partial charge in [0.05, 0.1) is 5.56 Å². The van der Waals surface area contributed by atoms with Gasteiger partial charge in [0, 0.05) is 31.1 Å². The minimum Gasteiger partial charge on any atom is -0.488 e. The number of para-hydroxylation sites is 1. The molecule has 8 heteroatoms. The number of hydrogen-bond acceptors (Lipinski definition) is 4. The van der Waals surface area contributed by atoms with E-state index >= 15 is 0 Å². The van der Waals surface area contributed by atoms with Crippen molar-refractivity contribution in [3.63, 3.8) is 0 Å². The van der Waals surface area contributed by atoms with Crippen LogP contribution in [0.25, 0.3) is 0 Å². The number of nitrogens with zero attached hydrogens (tertiary/aromatic N) is 3. The van der Waals surface area contributed by atoms with Crippen LogP contribution in [-0.4, -0.2) is 38.7 Å². The van der Waals surface area contributed by atoms with Crippen LogP contribution in [0.2, 0.25) is 5.02 Å². The van der Waals surface area contributed by atoms with E-state index in [2.05, 4.69) is 10.2 Å². The second-order valence-electron chi connectivity index (χ2n) is 7.45. The van der Waals surface area contributed by atoms with Crippen LogP contribution < -0.4 is 4.74 Å². The lowest BCUT2D eigenvalue weighted by Crippen LogP contribution is -2.39. The van der Waals surface area contributed by atoms with E-state index in [0.717, 1.165) is 30.8 Å². The van der Waals surface area contributed by atoms with Crippen LogP contribution in [0.3, 0.4) is 0 Å². The van der Waals surface area contributed by atoms with Crippen molar-refractivity contribution in [2.75, 3.05) is 13.1 Å². The summed E-state index contributed by atoms with van der Waals surface area (Å²) in [6.07, 6.45) is 1.90. The number of carbonyl (C=O) groups excluding carboxylic acids is 1. The summed E-state index contributed by atoms with van der Waals surface area (Å²) in [5.74, 6) is 1.61. The Bertz CT molecular complexity index is 1090. The van der Waals surface area contributed by atoms with Gasteiger partial charge < -0.3 is 14.2 Å². The maximum atomic E-state index is 13.3. The maximum absolute atomic E-state index is 13.3. The van der Waals surface area contributed by atoms with Gasteiger partial charge in [-0.2, -0.15) is 5.10 Å². The first-order chi connectivity index (χ1) is 14.5. The summed E-state index contributed by atoms with van der Waals surface area (Å²) in [5, 5.41) is 7.89. The van der Waals surface area contributed by atoms with Crippen LogP contribution in [0, 0.1) is 4.77 Å². The number of ether oxygens (including phenoxy) is 1. The monoisotopic (exact) mass is 442 g/mol. The highest BCUT2D eigenvalue weighted by atomic mass is 35.5. The molecule has 2 aromatic carbocycles. The van der Waals surface area contributed by atoms with Gasteiger partial charge >= 0.3 is 0 Å². The molecule has 1 saturated heterocycles. The molecule has 1 aliphatic rings. The number of aromatic amines is 1. The molecule has 0 spiro atoms. The minimum atomic E-state index is -0.0248. The van der Waals surface area contributed by atoms with Crippen LogP contribution in [0.5, 0.6) is 5.75 Å². The molecule has 0 radical (unpaired) electrons. The molecule has 0 aliphatic carbocycles. The molecule has 30 heavy (non-hydrogen) atoms. The highest BCUT2D eigenvalue weighted by molar-refractivity contribution is 7.71. The number of H-pyrrole nitrogens is 1. The highest BCUT2D eigenvalue weighted by Crippen LogP contribution is 2.28. The van der Waals surface area contributed by atoms with Crippen molar-refractivity contribution in [1.29, 1.82) is 0 Å². The number of likely N-dealkylation sites (tertiary alicyclic amines) is 1. The normalized spacial score (nSPS) is 16.5. The molecular formula is C22H23ClN4O2S. The Morgan fingerprint density at radius 3 is 2.77 bits per heavy atom. The Morgan fingerprint density at radius 2 is 2.03 bits per heavy atom. The average molecular weight is 443 g/mol. The molecule has 2 heterocycles. The molecular weight excluding hydrogens is 420 g/mol. The zero-order valence-corrected chi connectivity index (χ0v) is 18.2. The quantitative estimate of drug-likeness (QED) is 0.580. The van der Waals surface area contributed by atoms with Crippen molar-refractivity contribution in [2.45, 2.75) is 25.4 Å². The predicted molar refractivity (Wildman–Crippen MR) is 118 cm³/mol. The van der Waals surface area contributed by atoms with Gasteiger partial charge in [0.25, 0.3) is 5.91 Å². The van der Waals surface area contributed by atoms with Crippen LogP contribution >= 0.6 is 23.8 Å². The fourth-order valence-corrected chi connectivity index (χ4v) is 4.04. The molecule has 0 bridgehead atoms. The van der Waals surface area contributed by atoms with Gasteiger partial charge in [-0.15, -0.1) is 0 Å². The molecule has 6 nitrogen and oxygen atoms in total. The highest BCUT2D eigenvalue weighted by Gasteiger charge is 2.29. The molecule has 1 atom stereocenters. The molecule has 3 aromatic rings. The Morgan fingerprint density at radius 1 is 1.27 bits per heavy atom. The fourth-order valence-electron chi connectivity index (χ4n) is 3.78. The van der Waals surface area contributed by atoms with Crippen LogP contribution in [0.1, 0.15) is 40.5 Å². The Labute approximate surface area is 185 Å². The zero-order valence-electron chi connectivity index (χ0n) is 16.7. The first-order valence-corrected chi connectivity index (χ1v) is 10.7. The molecule has 1 unspecified atom stereocenters.